The summed E-state index contributed by atoms with van der Waals surface area (Å²) in [5.74, 6) is 1.67. The molecule has 0 atom stereocenters. The van der Waals surface area contributed by atoms with Crippen LogP contribution in [-0.4, -0.2) is 13.7 Å². The van der Waals surface area contributed by atoms with Gasteiger partial charge in [-0.15, -0.1) is 0 Å². The van der Waals surface area contributed by atoms with Gasteiger partial charge in [-0.2, -0.15) is 0 Å². The molecule has 0 aromatic heterocycles. The van der Waals surface area contributed by atoms with Gasteiger partial charge in [-0.05, 0) is 20.3 Å². The monoisotopic (exact) mass is 248 g/mol. The highest BCUT2D eigenvalue weighted by Gasteiger charge is 1.97. The van der Waals surface area contributed by atoms with Crippen LogP contribution in [0.3, 0.4) is 0 Å². The Morgan fingerprint density at radius 2 is 2.00 bits per heavy atom. The van der Waals surface area contributed by atoms with Crippen molar-refractivity contribution in [3.05, 3.63) is 22.1 Å². The third kappa shape index (κ3) is 5.75. The average Bonchev–Trinajstić information content (AvgIpc) is 2.10. The van der Waals surface area contributed by atoms with E-state index < -0.39 is 0 Å². The van der Waals surface area contributed by atoms with E-state index in [0.717, 1.165) is 29.0 Å². The second-order valence-electron chi connectivity index (χ2n) is 2.71. The molecule has 0 saturated heterocycles. The largest absolute Gasteiger partial charge is 0.498 e. The number of allylic oxidation sites excluding steroid dienone is 3. The molecule has 0 amide bonds. The lowest BCUT2D eigenvalue weighted by Gasteiger charge is -2.06. The maximum Gasteiger partial charge on any atom is 0.131 e. The van der Waals surface area contributed by atoms with Crippen LogP contribution in [0.5, 0.6) is 0 Å². The van der Waals surface area contributed by atoms with E-state index in [1.54, 1.807) is 7.11 Å². The van der Waals surface area contributed by atoms with E-state index in [1.165, 1.54) is 0 Å². The second-order valence-corrected chi connectivity index (χ2v) is 3.89. The molecule has 0 N–H and O–H groups in total. The van der Waals surface area contributed by atoms with Gasteiger partial charge in [-0.25, -0.2) is 0 Å². The smallest absolute Gasteiger partial charge is 0.131 e. The van der Waals surface area contributed by atoms with Gasteiger partial charge in [0.1, 0.15) is 5.76 Å². The summed E-state index contributed by atoms with van der Waals surface area (Å²) < 4.78 is 11.5. The second kappa shape index (κ2) is 7.01. The third-order valence-corrected chi connectivity index (χ3v) is 1.82. The first-order valence-corrected chi connectivity index (χ1v) is 5.12. The molecular formula is C10H17BrO2. The molecule has 0 aliphatic carbocycles. The third-order valence-electron chi connectivity index (χ3n) is 1.43. The molecule has 0 radical (unpaired) electrons. The maximum absolute atomic E-state index is 5.40. The highest BCUT2D eigenvalue weighted by molar-refractivity contribution is 9.11. The van der Waals surface area contributed by atoms with Crippen LogP contribution < -0.4 is 0 Å². The van der Waals surface area contributed by atoms with Crippen LogP contribution in [0.2, 0.25) is 0 Å². The first kappa shape index (κ1) is 12.6. The predicted octanol–water partition coefficient (Wildman–Crippen LogP) is 3.59. The summed E-state index contributed by atoms with van der Waals surface area (Å²) in [4.78, 5) is 0. The van der Waals surface area contributed by atoms with E-state index in [9.17, 15) is 0 Å². The molecule has 0 aromatic carbocycles. The molecule has 0 unspecified atom stereocenters. The Labute approximate surface area is 88.7 Å². The van der Waals surface area contributed by atoms with Gasteiger partial charge in [-0.3, -0.25) is 0 Å². The summed E-state index contributed by atoms with van der Waals surface area (Å²) in [7, 11) is 1.64. The summed E-state index contributed by atoms with van der Waals surface area (Å²) in [5.41, 5.74) is 0. The number of hydrogen-bond donors (Lipinski definition) is 0. The Balaban J connectivity index is 4.26. The van der Waals surface area contributed by atoms with Gasteiger partial charge in [0, 0.05) is 10.6 Å². The fourth-order valence-electron chi connectivity index (χ4n) is 0.788. The van der Waals surface area contributed by atoms with Gasteiger partial charge in [-0.1, -0.05) is 22.9 Å². The van der Waals surface area contributed by atoms with Crippen LogP contribution in [0.4, 0.5) is 0 Å². The van der Waals surface area contributed by atoms with Gasteiger partial charge in [0.2, 0.25) is 0 Å². The van der Waals surface area contributed by atoms with E-state index in [4.69, 9.17) is 9.47 Å². The van der Waals surface area contributed by atoms with Gasteiger partial charge in [0.15, 0.2) is 0 Å². The van der Waals surface area contributed by atoms with Crippen LogP contribution in [0, 0.1) is 0 Å². The molecule has 76 valence electrons. The number of halogens is 1. The topological polar surface area (TPSA) is 18.5 Å². The van der Waals surface area contributed by atoms with Crippen molar-refractivity contribution in [3.8, 4) is 0 Å². The van der Waals surface area contributed by atoms with E-state index in [-0.39, 0.29) is 0 Å². The molecule has 0 spiro atoms. The minimum Gasteiger partial charge on any atom is -0.498 e. The van der Waals surface area contributed by atoms with Crippen LogP contribution in [-0.2, 0) is 9.47 Å². The van der Waals surface area contributed by atoms with Crippen molar-refractivity contribution in [1.29, 1.82) is 0 Å². The number of rotatable bonds is 5. The fraction of sp³-hybridized carbons (Fsp3) is 0.600. The van der Waals surface area contributed by atoms with Gasteiger partial charge < -0.3 is 9.47 Å². The van der Waals surface area contributed by atoms with Crippen molar-refractivity contribution >= 4 is 15.9 Å². The minimum atomic E-state index is 0.751. The van der Waals surface area contributed by atoms with Crippen LogP contribution in [0.1, 0.15) is 27.2 Å². The first-order chi connectivity index (χ1) is 6.11. The average molecular weight is 249 g/mol. The molecule has 0 bridgehead atoms. The molecule has 2 nitrogen and oxygen atoms in total. The number of methoxy groups -OCH3 is 1. The van der Waals surface area contributed by atoms with Gasteiger partial charge in [0.05, 0.1) is 19.5 Å². The SMILES string of the molecule is CCCOC(C)=CC(OC)=C(C)Br. The van der Waals surface area contributed by atoms with Gasteiger partial charge in [0.25, 0.3) is 0 Å². The fourth-order valence-corrected chi connectivity index (χ4v) is 1.06. The van der Waals surface area contributed by atoms with Crippen molar-refractivity contribution in [1.82, 2.24) is 0 Å². The standard InChI is InChI=1S/C10H17BrO2/c1-5-6-13-8(2)7-10(12-4)9(3)11/h7H,5-6H2,1-4H3. The first-order valence-electron chi connectivity index (χ1n) is 4.33. The van der Waals surface area contributed by atoms with Crippen LogP contribution in [0.25, 0.3) is 0 Å². The quantitative estimate of drug-likeness (QED) is 0.547. The molecule has 0 fully saturated rings. The normalized spacial score (nSPS) is 13.8. The molecule has 0 heterocycles. The highest BCUT2D eigenvalue weighted by Crippen LogP contribution is 2.14. The van der Waals surface area contributed by atoms with E-state index in [1.807, 2.05) is 19.9 Å². The summed E-state index contributed by atoms with van der Waals surface area (Å²) >= 11 is 3.35. The zero-order valence-corrected chi connectivity index (χ0v) is 10.3. The Hall–Kier alpha value is -0.440. The Bertz CT molecular complexity index is 203. The van der Waals surface area contributed by atoms with Crippen molar-refractivity contribution in [2.45, 2.75) is 27.2 Å². The van der Waals surface area contributed by atoms with Gasteiger partial charge >= 0.3 is 0 Å². The Morgan fingerprint density at radius 3 is 2.38 bits per heavy atom. The molecule has 3 heteroatoms. The van der Waals surface area contributed by atoms with E-state index in [2.05, 4.69) is 22.9 Å². The zero-order chi connectivity index (χ0) is 10.3. The number of ether oxygens (including phenoxy) is 2. The summed E-state index contributed by atoms with van der Waals surface area (Å²) in [5, 5.41) is 0. The maximum atomic E-state index is 5.40. The summed E-state index contributed by atoms with van der Waals surface area (Å²) in [6.07, 6.45) is 2.89. The van der Waals surface area contributed by atoms with Crippen molar-refractivity contribution in [2.24, 2.45) is 0 Å². The lowest BCUT2D eigenvalue weighted by atomic mass is 10.4. The Kier molecular flexibility index (Phi) is 6.77. The molecule has 0 rings (SSSR count). The summed E-state index contributed by atoms with van der Waals surface area (Å²) in [6, 6.07) is 0. The van der Waals surface area contributed by atoms with Crippen molar-refractivity contribution < 1.29 is 9.47 Å². The highest BCUT2D eigenvalue weighted by atomic mass is 79.9. The van der Waals surface area contributed by atoms with E-state index >= 15 is 0 Å². The van der Waals surface area contributed by atoms with Crippen molar-refractivity contribution in [2.75, 3.05) is 13.7 Å². The zero-order valence-electron chi connectivity index (χ0n) is 8.69. The molecule has 0 aliphatic rings. The Morgan fingerprint density at radius 1 is 1.38 bits per heavy atom. The molecule has 0 aromatic rings. The molecule has 0 saturated carbocycles. The van der Waals surface area contributed by atoms with Crippen LogP contribution >= 0.6 is 15.9 Å². The molecule has 0 aliphatic heterocycles. The lowest BCUT2D eigenvalue weighted by Crippen LogP contribution is -1.92. The lowest BCUT2D eigenvalue weighted by molar-refractivity contribution is 0.210. The van der Waals surface area contributed by atoms with Crippen molar-refractivity contribution in [3.63, 3.8) is 0 Å². The summed E-state index contributed by atoms with van der Waals surface area (Å²) in [6.45, 7) is 6.68. The molecular weight excluding hydrogens is 232 g/mol. The predicted molar refractivity (Wildman–Crippen MR) is 58.6 cm³/mol. The molecule has 13 heavy (non-hydrogen) atoms. The minimum absolute atomic E-state index is 0.751. The van der Waals surface area contributed by atoms with Crippen LogP contribution in [0.15, 0.2) is 22.1 Å². The van der Waals surface area contributed by atoms with E-state index in [0.29, 0.717) is 0 Å². The number of hydrogen-bond acceptors (Lipinski definition) is 2.